The Balaban J connectivity index is 1.55. The molecule has 2 atom stereocenters. The van der Waals surface area contributed by atoms with Crippen LogP contribution in [0.25, 0.3) is 0 Å². The van der Waals surface area contributed by atoms with Crippen molar-refractivity contribution in [1.29, 1.82) is 0 Å². The second-order valence-corrected chi connectivity index (χ2v) is 6.67. The zero-order valence-corrected chi connectivity index (χ0v) is 13.7. The van der Waals surface area contributed by atoms with Crippen molar-refractivity contribution in [2.75, 3.05) is 13.1 Å². The number of carbonyl (C=O) groups is 2. The van der Waals surface area contributed by atoms with Crippen LogP contribution in [0.2, 0.25) is 0 Å². The number of likely N-dealkylation sites (tertiary alicyclic amines) is 1. The van der Waals surface area contributed by atoms with E-state index in [9.17, 15) is 9.59 Å². The van der Waals surface area contributed by atoms with Gasteiger partial charge in [-0.05, 0) is 50.4 Å². The largest absolute Gasteiger partial charge is 0.349 e. The summed E-state index contributed by atoms with van der Waals surface area (Å²) < 4.78 is 0. The second kappa shape index (κ2) is 7.13. The van der Waals surface area contributed by atoms with Crippen molar-refractivity contribution in [2.24, 2.45) is 0 Å². The molecular weight excluding hydrogens is 290 g/mol. The second-order valence-electron chi connectivity index (χ2n) is 6.67. The Morgan fingerprint density at radius 2 is 2.13 bits per heavy atom. The first-order valence-electron chi connectivity index (χ1n) is 8.53. The van der Waals surface area contributed by atoms with Crippen LogP contribution in [0.15, 0.2) is 24.3 Å². The number of amides is 2. The molecule has 5 heteroatoms. The van der Waals surface area contributed by atoms with Crippen LogP contribution in [0.4, 0.5) is 0 Å². The predicted molar refractivity (Wildman–Crippen MR) is 89.0 cm³/mol. The minimum Gasteiger partial charge on any atom is -0.349 e. The van der Waals surface area contributed by atoms with Crippen molar-refractivity contribution in [2.45, 2.75) is 51.2 Å². The molecule has 2 unspecified atom stereocenters. The van der Waals surface area contributed by atoms with Gasteiger partial charge in [0.1, 0.15) is 0 Å². The lowest BCUT2D eigenvalue weighted by atomic mass is 10.00. The van der Waals surface area contributed by atoms with Gasteiger partial charge in [-0.25, -0.2) is 0 Å². The first kappa shape index (κ1) is 16.0. The highest BCUT2D eigenvalue weighted by Gasteiger charge is 2.21. The summed E-state index contributed by atoms with van der Waals surface area (Å²) >= 11 is 0. The molecule has 2 N–H and O–H groups in total. The molecule has 2 heterocycles. The van der Waals surface area contributed by atoms with Gasteiger partial charge in [0.05, 0.1) is 0 Å². The van der Waals surface area contributed by atoms with Crippen LogP contribution < -0.4 is 10.6 Å². The smallest absolute Gasteiger partial charge is 0.251 e. The molecule has 0 spiro atoms. The molecule has 1 aromatic rings. The highest BCUT2D eigenvalue weighted by molar-refractivity contribution is 5.94. The minimum absolute atomic E-state index is 0.00658. The van der Waals surface area contributed by atoms with Crippen molar-refractivity contribution in [1.82, 2.24) is 15.5 Å². The van der Waals surface area contributed by atoms with Crippen LogP contribution in [0.1, 0.15) is 48.5 Å². The van der Waals surface area contributed by atoms with Gasteiger partial charge >= 0.3 is 0 Å². The third-order valence-electron chi connectivity index (χ3n) is 4.72. The summed E-state index contributed by atoms with van der Waals surface area (Å²) in [6.07, 6.45) is 3.56. The Labute approximate surface area is 137 Å². The van der Waals surface area contributed by atoms with Gasteiger partial charge < -0.3 is 15.5 Å². The van der Waals surface area contributed by atoms with Gasteiger partial charge in [-0.1, -0.05) is 12.1 Å². The molecule has 2 fully saturated rings. The van der Waals surface area contributed by atoms with E-state index in [0.29, 0.717) is 24.6 Å². The fourth-order valence-corrected chi connectivity index (χ4v) is 3.38. The molecule has 0 saturated carbocycles. The number of rotatable bonds is 4. The van der Waals surface area contributed by atoms with Crippen LogP contribution >= 0.6 is 0 Å². The van der Waals surface area contributed by atoms with Gasteiger partial charge in [-0.15, -0.1) is 0 Å². The van der Waals surface area contributed by atoms with Crippen LogP contribution in [0, 0.1) is 0 Å². The summed E-state index contributed by atoms with van der Waals surface area (Å²) in [6.45, 7) is 4.59. The molecule has 23 heavy (non-hydrogen) atoms. The molecule has 3 rings (SSSR count). The lowest BCUT2D eigenvalue weighted by Crippen LogP contribution is -2.46. The van der Waals surface area contributed by atoms with E-state index in [1.54, 1.807) is 0 Å². The summed E-state index contributed by atoms with van der Waals surface area (Å²) in [6, 6.07) is 8.32. The van der Waals surface area contributed by atoms with Crippen molar-refractivity contribution < 1.29 is 9.59 Å². The molecule has 0 aliphatic carbocycles. The molecule has 124 valence electrons. The van der Waals surface area contributed by atoms with Crippen LogP contribution in [-0.2, 0) is 11.3 Å². The van der Waals surface area contributed by atoms with Crippen molar-refractivity contribution in [3.8, 4) is 0 Å². The Morgan fingerprint density at radius 1 is 1.35 bits per heavy atom. The Morgan fingerprint density at radius 3 is 2.78 bits per heavy atom. The standard InChI is InChI=1S/C18H25N3O2/c1-13-11-16(8-9-19-13)20-18(23)15-6-4-14(5-7-15)12-21-10-2-3-17(21)22/h4-7,13,16,19H,2-3,8-12H2,1H3,(H,20,23). The summed E-state index contributed by atoms with van der Waals surface area (Å²) in [4.78, 5) is 25.9. The molecule has 2 saturated heterocycles. The highest BCUT2D eigenvalue weighted by atomic mass is 16.2. The van der Waals surface area contributed by atoms with Crippen molar-refractivity contribution in [3.05, 3.63) is 35.4 Å². The third-order valence-corrected chi connectivity index (χ3v) is 4.72. The summed E-state index contributed by atoms with van der Waals surface area (Å²) in [5.74, 6) is 0.222. The lowest BCUT2D eigenvalue weighted by molar-refractivity contribution is -0.128. The number of nitrogens with one attached hydrogen (secondary N) is 2. The van der Waals surface area contributed by atoms with E-state index < -0.39 is 0 Å². The molecule has 1 aromatic carbocycles. The molecule has 2 aliphatic heterocycles. The Bertz CT molecular complexity index is 570. The van der Waals surface area contributed by atoms with Gasteiger partial charge in [0, 0.05) is 37.2 Å². The fraction of sp³-hybridized carbons (Fsp3) is 0.556. The number of hydrogen-bond donors (Lipinski definition) is 2. The number of piperidine rings is 1. The highest BCUT2D eigenvalue weighted by Crippen LogP contribution is 2.15. The van der Waals surface area contributed by atoms with E-state index in [1.807, 2.05) is 29.2 Å². The Kier molecular flexibility index (Phi) is 4.96. The van der Waals surface area contributed by atoms with Crippen LogP contribution in [0.5, 0.6) is 0 Å². The number of benzene rings is 1. The summed E-state index contributed by atoms with van der Waals surface area (Å²) in [5.41, 5.74) is 1.76. The predicted octanol–water partition coefficient (Wildman–Crippen LogP) is 1.68. The topological polar surface area (TPSA) is 61.4 Å². The summed E-state index contributed by atoms with van der Waals surface area (Å²) in [5, 5.41) is 6.51. The monoisotopic (exact) mass is 315 g/mol. The average Bonchev–Trinajstić information content (AvgIpc) is 2.93. The van der Waals surface area contributed by atoms with Gasteiger partial charge in [0.2, 0.25) is 5.91 Å². The van der Waals surface area contributed by atoms with Gasteiger partial charge in [-0.2, -0.15) is 0 Å². The quantitative estimate of drug-likeness (QED) is 0.889. The number of hydrogen-bond acceptors (Lipinski definition) is 3. The van der Waals surface area contributed by atoms with Crippen molar-refractivity contribution in [3.63, 3.8) is 0 Å². The third kappa shape index (κ3) is 4.10. The van der Waals surface area contributed by atoms with Gasteiger partial charge in [0.25, 0.3) is 5.91 Å². The van der Waals surface area contributed by atoms with Crippen molar-refractivity contribution >= 4 is 11.8 Å². The number of carbonyl (C=O) groups excluding carboxylic acids is 2. The molecule has 2 amide bonds. The molecular formula is C18H25N3O2. The lowest BCUT2D eigenvalue weighted by Gasteiger charge is -2.28. The first-order valence-corrected chi connectivity index (χ1v) is 8.53. The van der Waals surface area contributed by atoms with Gasteiger partial charge in [-0.3, -0.25) is 9.59 Å². The molecule has 5 nitrogen and oxygen atoms in total. The average molecular weight is 315 g/mol. The Hall–Kier alpha value is -1.88. The van der Waals surface area contributed by atoms with Gasteiger partial charge in [0.15, 0.2) is 0 Å². The van der Waals surface area contributed by atoms with E-state index in [-0.39, 0.29) is 17.9 Å². The van der Waals surface area contributed by atoms with E-state index in [4.69, 9.17) is 0 Å². The number of nitrogens with zero attached hydrogens (tertiary/aromatic N) is 1. The maximum Gasteiger partial charge on any atom is 0.251 e. The van der Waals surface area contributed by atoms with E-state index >= 15 is 0 Å². The fourth-order valence-electron chi connectivity index (χ4n) is 3.38. The molecule has 0 radical (unpaired) electrons. The zero-order chi connectivity index (χ0) is 16.2. The SMILES string of the molecule is CC1CC(NC(=O)c2ccc(CN3CCCC3=O)cc2)CCN1. The summed E-state index contributed by atoms with van der Waals surface area (Å²) in [7, 11) is 0. The molecule has 0 bridgehead atoms. The zero-order valence-electron chi connectivity index (χ0n) is 13.7. The first-order chi connectivity index (χ1) is 11.1. The normalized spacial score (nSPS) is 24.7. The van der Waals surface area contributed by atoms with Crippen LogP contribution in [0.3, 0.4) is 0 Å². The van der Waals surface area contributed by atoms with Crippen LogP contribution in [-0.4, -0.2) is 41.9 Å². The minimum atomic E-state index is -0.00658. The maximum atomic E-state index is 12.3. The van der Waals surface area contributed by atoms with E-state index in [1.165, 1.54) is 0 Å². The molecule has 2 aliphatic rings. The van der Waals surface area contributed by atoms with E-state index in [0.717, 1.165) is 37.9 Å². The molecule has 0 aromatic heterocycles. The van der Waals surface area contributed by atoms with E-state index in [2.05, 4.69) is 17.6 Å². The maximum absolute atomic E-state index is 12.3.